The van der Waals surface area contributed by atoms with Crippen molar-refractivity contribution >= 4 is 0 Å². The summed E-state index contributed by atoms with van der Waals surface area (Å²) in [6.45, 7) is 3.70. The van der Waals surface area contributed by atoms with Gasteiger partial charge in [-0.1, -0.05) is 13.0 Å². The van der Waals surface area contributed by atoms with E-state index in [2.05, 4.69) is 0 Å². The van der Waals surface area contributed by atoms with E-state index in [0.29, 0.717) is 25.5 Å². The van der Waals surface area contributed by atoms with Gasteiger partial charge in [0.25, 0.3) is 0 Å². The molecule has 0 bridgehead atoms. The summed E-state index contributed by atoms with van der Waals surface area (Å²) >= 11 is 0. The molecule has 0 fully saturated rings. The van der Waals surface area contributed by atoms with Crippen LogP contribution in [0.1, 0.15) is 25.0 Å². The molecule has 94 valence electrons. The zero-order valence-electron chi connectivity index (χ0n) is 10.1. The standard InChI is InChI=1S/C13H19NO3/c1-9(8-14)13(15)10-3-4-11-12(7-10)17-6-2-5-16-11/h3-4,7,9,13,15H,2,5-6,8,14H2,1H3. The minimum atomic E-state index is -0.558. The fourth-order valence-electron chi connectivity index (χ4n) is 1.82. The number of nitrogens with two attached hydrogens (primary N) is 1. The molecule has 4 heteroatoms. The summed E-state index contributed by atoms with van der Waals surface area (Å²) < 4.78 is 11.1. The third-order valence-corrected chi connectivity index (χ3v) is 3.02. The second kappa shape index (κ2) is 5.38. The van der Waals surface area contributed by atoms with Gasteiger partial charge in [0.1, 0.15) is 0 Å². The molecule has 0 radical (unpaired) electrons. The molecular weight excluding hydrogens is 218 g/mol. The van der Waals surface area contributed by atoms with Crippen LogP contribution in [0.25, 0.3) is 0 Å². The number of benzene rings is 1. The second-order valence-corrected chi connectivity index (χ2v) is 4.41. The van der Waals surface area contributed by atoms with Crippen LogP contribution in [-0.4, -0.2) is 24.9 Å². The molecule has 1 aliphatic heterocycles. The molecule has 0 saturated heterocycles. The Bertz CT molecular complexity index is 381. The van der Waals surface area contributed by atoms with Crippen LogP contribution >= 0.6 is 0 Å². The molecule has 0 aliphatic carbocycles. The zero-order chi connectivity index (χ0) is 12.3. The average Bonchev–Trinajstić information content (AvgIpc) is 2.61. The molecule has 17 heavy (non-hydrogen) atoms. The van der Waals surface area contributed by atoms with Gasteiger partial charge in [0.15, 0.2) is 11.5 Å². The lowest BCUT2D eigenvalue weighted by Gasteiger charge is -2.18. The van der Waals surface area contributed by atoms with Crippen molar-refractivity contribution in [3.63, 3.8) is 0 Å². The lowest BCUT2D eigenvalue weighted by Crippen LogP contribution is -2.18. The van der Waals surface area contributed by atoms with Gasteiger partial charge in [0.2, 0.25) is 0 Å². The smallest absolute Gasteiger partial charge is 0.161 e. The summed E-state index contributed by atoms with van der Waals surface area (Å²) in [6.07, 6.45) is 0.323. The molecule has 3 N–H and O–H groups in total. The van der Waals surface area contributed by atoms with E-state index in [-0.39, 0.29) is 5.92 Å². The molecule has 0 amide bonds. The molecule has 0 aromatic heterocycles. The molecular formula is C13H19NO3. The quantitative estimate of drug-likeness (QED) is 0.835. The Balaban J connectivity index is 2.23. The van der Waals surface area contributed by atoms with Crippen molar-refractivity contribution in [2.24, 2.45) is 11.7 Å². The monoisotopic (exact) mass is 237 g/mol. The maximum Gasteiger partial charge on any atom is 0.161 e. The number of ether oxygens (including phenoxy) is 2. The maximum absolute atomic E-state index is 10.1. The number of hydrogen-bond donors (Lipinski definition) is 2. The van der Waals surface area contributed by atoms with Crippen molar-refractivity contribution in [1.29, 1.82) is 0 Å². The first kappa shape index (κ1) is 12.2. The van der Waals surface area contributed by atoms with Crippen LogP contribution in [0, 0.1) is 5.92 Å². The molecule has 4 nitrogen and oxygen atoms in total. The summed E-state index contributed by atoms with van der Waals surface area (Å²) in [5.41, 5.74) is 6.38. The molecule has 1 aromatic carbocycles. The van der Waals surface area contributed by atoms with Crippen LogP contribution in [0.4, 0.5) is 0 Å². The van der Waals surface area contributed by atoms with Gasteiger partial charge >= 0.3 is 0 Å². The van der Waals surface area contributed by atoms with Crippen molar-refractivity contribution < 1.29 is 14.6 Å². The first-order valence-electron chi connectivity index (χ1n) is 6.00. The minimum Gasteiger partial charge on any atom is -0.490 e. The number of rotatable bonds is 3. The van der Waals surface area contributed by atoms with Crippen LogP contribution in [0.3, 0.4) is 0 Å². The van der Waals surface area contributed by atoms with Crippen LogP contribution in [-0.2, 0) is 0 Å². The van der Waals surface area contributed by atoms with E-state index in [9.17, 15) is 5.11 Å². The van der Waals surface area contributed by atoms with E-state index in [1.165, 1.54) is 0 Å². The number of fused-ring (bicyclic) bond motifs is 1. The lowest BCUT2D eigenvalue weighted by molar-refractivity contribution is 0.121. The topological polar surface area (TPSA) is 64.7 Å². The Morgan fingerprint density at radius 3 is 2.71 bits per heavy atom. The highest BCUT2D eigenvalue weighted by atomic mass is 16.5. The van der Waals surface area contributed by atoms with E-state index < -0.39 is 6.10 Å². The van der Waals surface area contributed by atoms with E-state index in [0.717, 1.165) is 17.7 Å². The lowest BCUT2D eigenvalue weighted by atomic mass is 9.97. The summed E-state index contributed by atoms with van der Waals surface area (Å²) in [6, 6.07) is 5.56. The molecule has 1 heterocycles. The van der Waals surface area contributed by atoms with E-state index in [1.54, 1.807) is 0 Å². The number of aliphatic hydroxyl groups excluding tert-OH is 1. The highest BCUT2D eigenvalue weighted by molar-refractivity contribution is 5.44. The molecule has 2 unspecified atom stereocenters. The summed E-state index contributed by atoms with van der Waals surface area (Å²) in [5.74, 6) is 1.49. The Hall–Kier alpha value is -1.26. The molecule has 2 atom stereocenters. The normalized spacial score (nSPS) is 18.3. The van der Waals surface area contributed by atoms with Crippen molar-refractivity contribution in [3.8, 4) is 11.5 Å². The fourth-order valence-corrected chi connectivity index (χ4v) is 1.82. The highest BCUT2D eigenvalue weighted by Gasteiger charge is 2.18. The van der Waals surface area contributed by atoms with Crippen molar-refractivity contribution in [2.45, 2.75) is 19.4 Å². The van der Waals surface area contributed by atoms with Gasteiger partial charge in [-0.25, -0.2) is 0 Å². The predicted molar refractivity (Wildman–Crippen MR) is 65.2 cm³/mol. The van der Waals surface area contributed by atoms with Crippen LogP contribution in [0.5, 0.6) is 11.5 Å². The average molecular weight is 237 g/mol. The Morgan fingerprint density at radius 2 is 2.00 bits per heavy atom. The van der Waals surface area contributed by atoms with Gasteiger partial charge in [-0.05, 0) is 30.2 Å². The SMILES string of the molecule is CC(CN)C(O)c1ccc2c(c1)OCCCO2. The largest absolute Gasteiger partial charge is 0.490 e. The van der Waals surface area contributed by atoms with Crippen molar-refractivity contribution in [2.75, 3.05) is 19.8 Å². The van der Waals surface area contributed by atoms with Crippen molar-refractivity contribution in [3.05, 3.63) is 23.8 Å². The Morgan fingerprint density at radius 1 is 1.29 bits per heavy atom. The second-order valence-electron chi connectivity index (χ2n) is 4.41. The Kier molecular flexibility index (Phi) is 3.86. The first-order chi connectivity index (χ1) is 8.22. The van der Waals surface area contributed by atoms with Crippen LogP contribution < -0.4 is 15.2 Å². The van der Waals surface area contributed by atoms with Gasteiger partial charge in [0.05, 0.1) is 19.3 Å². The van der Waals surface area contributed by atoms with Gasteiger partial charge < -0.3 is 20.3 Å². The molecule has 1 aromatic rings. The fraction of sp³-hybridized carbons (Fsp3) is 0.538. The van der Waals surface area contributed by atoms with Gasteiger partial charge in [-0.3, -0.25) is 0 Å². The molecule has 0 saturated carbocycles. The first-order valence-corrected chi connectivity index (χ1v) is 6.00. The summed E-state index contributed by atoms with van der Waals surface area (Å²) in [5, 5.41) is 10.1. The third-order valence-electron chi connectivity index (χ3n) is 3.02. The van der Waals surface area contributed by atoms with E-state index in [4.69, 9.17) is 15.2 Å². The van der Waals surface area contributed by atoms with Crippen LogP contribution in [0.2, 0.25) is 0 Å². The maximum atomic E-state index is 10.1. The molecule has 1 aliphatic rings. The summed E-state index contributed by atoms with van der Waals surface area (Å²) in [7, 11) is 0. The Labute approximate surface area is 101 Å². The van der Waals surface area contributed by atoms with Gasteiger partial charge in [-0.2, -0.15) is 0 Å². The van der Waals surface area contributed by atoms with E-state index >= 15 is 0 Å². The predicted octanol–water partition coefficient (Wildman–Crippen LogP) is 1.48. The highest BCUT2D eigenvalue weighted by Crippen LogP contribution is 2.33. The molecule has 2 rings (SSSR count). The summed E-state index contributed by atoms with van der Waals surface area (Å²) in [4.78, 5) is 0. The van der Waals surface area contributed by atoms with Crippen molar-refractivity contribution in [1.82, 2.24) is 0 Å². The van der Waals surface area contributed by atoms with Gasteiger partial charge in [0, 0.05) is 6.42 Å². The van der Waals surface area contributed by atoms with E-state index in [1.807, 2.05) is 25.1 Å². The van der Waals surface area contributed by atoms with Gasteiger partial charge in [-0.15, -0.1) is 0 Å². The zero-order valence-corrected chi connectivity index (χ0v) is 10.1. The number of aliphatic hydroxyl groups is 1. The number of hydrogen-bond acceptors (Lipinski definition) is 4. The third kappa shape index (κ3) is 2.70. The molecule has 0 spiro atoms. The van der Waals surface area contributed by atoms with Crippen LogP contribution in [0.15, 0.2) is 18.2 Å². The minimum absolute atomic E-state index is 0.0275.